The number of nitrogens with one attached hydrogen (secondary N) is 1. The van der Waals surface area contributed by atoms with Crippen LogP contribution >= 0.6 is 11.6 Å². The summed E-state index contributed by atoms with van der Waals surface area (Å²) in [7, 11) is 0. The smallest absolute Gasteiger partial charge is 0.261 e. The maximum absolute atomic E-state index is 12.6. The van der Waals surface area contributed by atoms with Crippen molar-refractivity contribution < 1.29 is 9.53 Å². The number of benzene rings is 2. The van der Waals surface area contributed by atoms with Crippen molar-refractivity contribution in [3.63, 3.8) is 0 Å². The van der Waals surface area contributed by atoms with Crippen LogP contribution in [0.1, 0.15) is 48.6 Å². The summed E-state index contributed by atoms with van der Waals surface area (Å²) in [5.41, 5.74) is 4.80. The average Bonchev–Trinajstić information content (AvgIpc) is 2.55. The first-order valence-electron chi connectivity index (χ1n) is 8.62. The maximum atomic E-state index is 12.6. The predicted octanol–water partition coefficient (Wildman–Crippen LogP) is 5.30. The highest BCUT2D eigenvalue weighted by atomic mass is 35.5. The van der Waals surface area contributed by atoms with E-state index < -0.39 is 6.10 Å². The average molecular weight is 360 g/mol. The Balaban J connectivity index is 2.09. The summed E-state index contributed by atoms with van der Waals surface area (Å²) in [6, 6.07) is 11.3. The molecular weight excluding hydrogens is 334 g/mol. The van der Waals surface area contributed by atoms with Crippen molar-refractivity contribution in [3.05, 3.63) is 63.7 Å². The van der Waals surface area contributed by atoms with Gasteiger partial charge in [0.05, 0.1) is 6.04 Å². The van der Waals surface area contributed by atoms with Crippen molar-refractivity contribution in [3.8, 4) is 5.75 Å². The van der Waals surface area contributed by atoms with Gasteiger partial charge < -0.3 is 10.1 Å². The van der Waals surface area contributed by atoms with Gasteiger partial charge >= 0.3 is 0 Å². The second-order valence-corrected chi connectivity index (χ2v) is 6.93. The molecule has 4 heteroatoms. The molecule has 2 atom stereocenters. The van der Waals surface area contributed by atoms with E-state index in [-0.39, 0.29) is 11.9 Å². The summed E-state index contributed by atoms with van der Waals surface area (Å²) in [6.07, 6.45) is 0.0320. The van der Waals surface area contributed by atoms with E-state index in [1.165, 1.54) is 16.7 Å². The van der Waals surface area contributed by atoms with Crippen molar-refractivity contribution in [2.24, 2.45) is 0 Å². The highest BCUT2D eigenvalue weighted by Gasteiger charge is 2.21. The Hall–Kier alpha value is -2.00. The highest BCUT2D eigenvalue weighted by Crippen LogP contribution is 2.23. The topological polar surface area (TPSA) is 38.3 Å². The first-order valence-corrected chi connectivity index (χ1v) is 9.00. The third kappa shape index (κ3) is 4.99. The SMILES string of the molecule is CC[C@H](Oc1cccc(Cl)c1)C(=O)N[C@@H](C)c1cc(C)c(C)cc1C. The van der Waals surface area contributed by atoms with Gasteiger partial charge in [-0.05, 0) is 74.6 Å². The minimum absolute atomic E-state index is 0.0798. The molecule has 1 amide bonds. The second-order valence-electron chi connectivity index (χ2n) is 6.50. The molecule has 25 heavy (non-hydrogen) atoms. The molecule has 0 saturated carbocycles. The molecule has 0 spiro atoms. The Morgan fingerprint density at radius 2 is 1.80 bits per heavy atom. The Morgan fingerprint density at radius 3 is 2.44 bits per heavy atom. The summed E-state index contributed by atoms with van der Waals surface area (Å²) in [5.74, 6) is 0.483. The van der Waals surface area contributed by atoms with Crippen molar-refractivity contribution in [2.75, 3.05) is 0 Å². The van der Waals surface area contributed by atoms with E-state index in [9.17, 15) is 4.79 Å². The van der Waals surface area contributed by atoms with Gasteiger partial charge in [0.2, 0.25) is 0 Å². The highest BCUT2D eigenvalue weighted by molar-refractivity contribution is 6.30. The van der Waals surface area contributed by atoms with Gasteiger partial charge in [0.25, 0.3) is 5.91 Å². The fourth-order valence-electron chi connectivity index (χ4n) is 2.86. The first kappa shape index (κ1) is 19.3. The third-order valence-electron chi connectivity index (χ3n) is 4.45. The number of carbonyl (C=O) groups is 1. The molecule has 0 unspecified atom stereocenters. The van der Waals surface area contributed by atoms with Gasteiger partial charge in [-0.25, -0.2) is 0 Å². The molecule has 0 aliphatic rings. The molecule has 0 radical (unpaired) electrons. The van der Waals surface area contributed by atoms with Crippen molar-refractivity contribution in [2.45, 2.75) is 53.2 Å². The molecule has 2 aromatic carbocycles. The van der Waals surface area contributed by atoms with Gasteiger partial charge in [-0.2, -0.15) is 0 Å². The monoisotopic (exact) mass is 359 g/mol. The van der Waals surface area contributed by atoms with Gasteiger partial charge in [0.1, 0.15) is 5.75 Å². The minimum Gasteiger partial charge on any atom is -0.481 e. The van der Waals surface area contributed by atoms with Crippen LogP contribution in [0.5, 0.6) is 5.75 Å². The van der Waals surface area contributed by atoms with E-state index in [0.717, 1.165) is 5.56 Å². The van der Waals surface area contributed by atoms with Crippen molar-refractivity contribution in [1.29, 1.82) is 0 Å². The fourth-order valence-corrected chi connectivity index (χ4v) is 3.04. The number of amides is 1. The minimum atomic E-state index is -0.548. The van der Waals surface area contributed by atoms with Crippen LogP contribution in [0.15, 0.2) is 36.4 Å². The zero-order valence-corrected chi connectivity index (χ0v) is 16.3. The Morgan fingerprint density at radius 1 is 1.12 bits per heavy atom. The van der Waals surface area contributed by atoms with Crippen LogP contribution < -0.4 is 10.1 Å². The van der Waals surface area contributed by atoms with Crippen molar-refractivity contribution >= 4 is 17.5 Å². The van der Waals surface area contributed by atoms with Gasteiger partial charge in [-0.1, -0.05) is 36.7 Å². The number of halogens is 1. The zero-order chi connectivity index (χ0) is 18.6. The molecule has 2 rings (SSSR count). The summed E-state index contributed by atoms with van der Waals surface area (Å²) >= 11 is 5.98. The zero-order valence-electron chi connectivity index (χ0n) is 15.5. The quantitative estimate of drug-likeness (QED) is 0.760. The fraction of sp³-hybridized carbons (Fsp3) is 0.381. The van der Waals surface area contributed by atoms with E-state index in [1.807, 2.05) is 19.9 Å². The molecular formula is C21H26ClNO2. The molecule has 0 aliphatic carbocycles. The van der Waals surface area contributed by atoms with Crippen LogP contribution in [0.4, 0.5) is 0 Å². The normalized spacial score (nSPS) is 13.2. The molecule has 0 bridgehead atoms. The van der Waals surface area contributed by atoms with E-state index in [4.69, 9.17) is 16.3 Å². The second kappa shape index (κ2) is 8.39. The lowest BCUT2D eigenvalue weighted by Crippen LogP contribution is -2.39. The summed E-state index contributed by atoms with van der Waals surface area (Å²) in [4.78, 5) is 12.6. The van der Waals surface area contributed by atoms with Crippen LogP contribution in [-0.2, 0) is 4.79 Å². The molecule has 2 aromatic rings. The molecule has 0 aromatic heterocycles. The van der Waals surface area contributed by atoms with Crippen LogP contribution in [0.3, 0.4) is 0 Å². The summed E-state index contributed by atoms with van der Waals surface area (Å²) in [6.45, 7) is 10.2. The van der Waals surface area contributed by atoms with Crippen LogP contribution in [0, 0.1) is 20.8 Å². The number of hydrogen-bond acceptors (Lipinski definition) is 2. The summed E-state index contributed by atoms with van der Waals surface area (Å²) < 4.78 is 5.82. The maximum Gasteiger partial charge on any atom is 0.261 e. The van der Waals surface area contributed by atoms with E-state index in [0.29, 0.717) is 17.2 Å². The van der Waals surface area contributed by atoms with Gasteiger partial charge in [-0.3, -0.25) is 4.79 Å². The van der Waals surface area contributed by atoms with Gasteiger partial charge in [-0.15, -0.1) is 0 Å². The van der Waals surface area contributed by atoms with Gasteiger partial charge in [0, 0.05) is 5.02 Å². The number of hydrogen-bond donors (Lipinski definition) is 1. The van der Waals surface area contributed by atoms with Crippen LogP contribution in [-0.4, -0.2) is 12.0 Å². The number of carbonyl (C=O) groups excluding carboxylic acids is 1. The first-order chi connectivity index (χ1) is 11.8. The predicted molar refractivity (Wildman–Crippen MR) is 103 cm³/mol. The molecule has 0 saturated heterocycles. The number of rotatable bonds is 6. The molecule has 1 N–H and O–H groups in total. The lowest BCUT2D eigenvalue weighted by molar-refractivity contribution is -0.128. The van der Waals surface area contributed by atoms with E-state index >= 15 is 0 Å². The van der Waals surface area contributed by atoms with Crippen molar-refractivity contribution in [1.82, 2.24) is 5.32 Å². The Bertz CT molecular complexity index is 758. The molecule has 0 fully saturated rings. The third-order valence-corrected chi connectivity index (χ3v) is 4.68. The summed E-state index contributed by atoms with van der Waals surface area (Å²) in [5, 5.41) is 3.66. The Kier molecular flexibility index (Phi) is 6.49. The number of aryl methyl sites for hydroxylation is 3. The molecule has 3 nitrogen and oxygen atoms in total. The van der Waals surface area contributed by atoms with E-state index in [2.05, 4.69) is 38.2 Å². The van der Waals surface area contributed by atoms with E-state index in [1.54, 1.807) is 18.2 Å². The van der Waals surface area contributed by atoms with Gasteiger partial charge in [0.15, 0.2) is 6.10 Å². The van der Waals surface area contributed by atoms with Crippen LogP contribution in [0.25, 0.3) is 0 Å². The number of ether oxygens (including phenoxy) is 1. The molecule has 0 aliphatic heterocycles. The van der Waals surface area contributed by atoms with Crippen LogP contribution in [0.2, 0.25) is 5.02 Å². The molecule has 0 heterocycles. The standard InChI is InChI=1S/C21H26ClNO2/c1-6-20(25-18-9-7-8-17(22)12-18)21(24)23-16(5)19-11-14(3)13(2)10-15(19)4/h7-12,16,20H,6H2,1-5H3,(H,23,24)/t16-,20-/m0/s1. The lowest BCUT2D eigenvalue weighted by atomic mass is 9.96. The largest absolute Gasteiger partial charge is 0.481 e. The molecule has 134 valence electrons. The Labute approximate surface area is 155 Å². The lowest BCUT2D eigenvalue weighted by Gasteiger charge is -2.22.